The van der Waals surface area contributed by atoms with Crippen molar-refractivity contribution in [2.75, 3.05) is 0 Å². The molecule has 1 heterocycles. The lowest BCUT2D eigenvalue weighted by Gasteiger charge is -2.40. The smallest absolute Gasteiger partial charge is 0.251 e. The highest BCUT2D eigenvalue weighted by atomic mass is 16.3. The van der Waals surface area contributed by atoms with E-state index in [1.165, 1.54) is 6.34 Å². The van der Waals surface area contributed by atoms with E-state index in [1.54, 1.807) is 0 Å². The van der Waals surface area contributed by atoms with E-state index in [0.717, 1.165) is 6.34 Å². The van der Waals surface area contributed by atoms with Crippen molar-refractivity contribution in [3.8, 4) is 0 Å². The third kappa shape index (κ3) is 1.35. The maximum absolute atomic E-state index is 9.47. The van der Waals surface area contributed by atoms with Crippen LogP contribution in [0.15, 0.2) is 4.99 Å². The van der Waals surface area contributed by atoms with Crippen LogP contribution in [0.2, 0.25) is 0 Å². The molecule has 2 unspecified atom stereocenters. The summed E-state index contributed by atoms with van der Waals surface area (Å²) >= 11 is 0. The quantitative estimate of drug-likeness (QED) is 0.123. The second kappa shape index (κ2) is 2.92. The second-order valence-corrected chi connectivity index (χ2v) is 2.83. The summed E-state index contributed by atoms with van der Waals surface area (Å²) in [6, 6.07) is 0. The Morgan fingerprint density at radius 3 is 2.62 bits per heavy atom. The predicted molar refractivity (Wildman–Crippen MR) is 46.9 cm³/mol. The maximum atomic E-state index is 9.47. The zero-order valence-corrected chi connectivity index (χ0v) is 6.94. The molecule has 0 fully saturated rings. The summed E-state index contributed by atoms with van der Waals surface area (Å²) in [4.78, 5) is 6.14. The Morgan fingerprint density at radius 2 is 2.15 bits per heavy atom. The van der Waals surface area contributed by atoms with Gasteiger partial charge in [0.1, 0.15) is 0 Å². The minimum Gasteiger partial charge on any atom is -0.368 e. The van der Waals surface area contributed by atoms with Crippen LogP contribution >= 0.6 is 0 Å². The Balaban J connectivity index is 3.09. The molecule has 1 rings (SSSR count). The summed E-state index contributed by atoms with van der Waals surface area (Å²) in [5.41, 5.74) is 20.4. The van der Waals surface area contributed by atoms with E-state index >= 15 is 0 Å². The molecule has 0 spiro atoms. The van der Waals surface area contributed by atoms with E-state index in [2.05, 4.69) is 15.3 Å². The van der Waals surface area contributed by atoms with Crippen molar-refractivity contribution in [2.45, 2.75) is 17.7 Å². The van der Waals surface area contributed by atoms with E-state index in [0.29, 0.717) is 0 Å². The van der Waals surface area contributed by atoms with Crippen molar-refractivity contribution in [3.63, 3.8) is 0 Å². The fraction of sp³-hybridized carbons (Fsp3) is 0.600. The largest absolute Gasteiger partial charge is 0.368 e. The minimum absolute atomic E-state index is 1.04. The van der Waals surface area contributed by atoms with Crippen LogP contribution in [-0.2, 0) is 0 Å². The molecule has 0 aromatic heterocycles. The van der Waals surface area contributed by atoms with Gasteiger partial charge in [-0.25, -0.2) is 4.99 Å². The van der Waals surface area contributed by atoms with Gasteiger partial charge in [0, 0.05) is 0 Å². The molecule has 0 aliphatic carbocycles. The molecule has 8 nitrogen and oxygen atoms in total. The summed E-state index contributed by atoms with van der Waals surface area (Å²) in [6.45, 7) is 0. The molecule has 0 aromatic rings. The summed E-state index contributed by atoms with van der Waals surface area (Å²) in [5, 5.41) is 11.9. The minimum atomic E-state index is -1.63. The summed E-state index contributed by atoms with van der Waals surface area (Å²) in [5.74, 6) is -1.63. The molecule has 74 valence electrons. The summed E-state index contributed by atoms with van der Waals surface area (Å²) in [7, 11) is 0. The monoisotopic (exact) mass is 188 g/mol. The second-order valence-electron chi connectivity index (χ2n) is 2.83. The van der Waals surface area contributed by atoms with Gasteiger partial charge in [0.05, 0.1) is 6.34 Å². The number of nitrogens with zero attached hydrogens (tertiary/aromatic N) is 1. The predicted octanol–water partition coefficient (Wildman–Crippen LogP) is -5.77. The highest BCUT2D eigenvalue weighted by Crippen LogP contribution is 2.11. The molecule has 1 aliphatic rings. The van der Waals surface area contributed by atoms with Gasteiger partial charge in [-0.15, -0.1) is 0 Å². The first-order valence-electron chi connectivity index (χ1n) is 3.59. The number of hydrogen-bond donors (Lipinski definition) is 7. The van der Waals surface area contributed by atoms with E-state index in [-0.39, 0.29) is 0 Å². The topological polar surface area (TPSA) is 163 Å². The number of aliphatic hydroxyl groups is 1. The highest BCUT2D eigenvalue weighted by molar-refractivity contribution is 5.57. The molecule has 0 saturated carbocycles. The van der Waals surface area contributed by atoms with Crippen molar-refractivity contribution >= 4 is 12.7 Å². The molecule has 0 radical (unpaired) electrons. The standard InChI is InChI=1S/C5H13N7O/c6-1-11-4(7)3(13)10-2-12-5(4,8)9/h1-3,13H,7-9H2,(H2,6,11)(H,10,12)/p+1. The van der Waals surface area contributed by atoms with Gasteiger partial charge in [-0.3, -0.25) is 27.9 Å². The molecule has 2 atom stereocenters. The number of nitrogens with one attached hydrogen (secondary N) is 2. The molecule has 0 amide bonds. The molecule has 0 saturated heterocycles. The Bertz CT molecular complexity index is 249. The van der Waals surface area contributed by atoms with Crippen molar-refractivity contribution in [1.82, 2.24) is 5.32 Å². The highest BCUT2D eigenvalue weighted by Gasteiger charge is 2.53. The van der Waals surface area contributed by atoms with Crippen LogP contribution in [0.3, 0.4) is 0 Å². The van der Waals surface area contributed by atoms with Gasteiger partial charge in [0.2, 0.25) is 12.1 Å². The van der Waals surface area contributed by atoms with Crippen LogP contribution in [0.5, 0.6) is 0 Å². The van der Waals surface area contributed by atoms with Gasteiger partial charge in [-0.1, -0.05) is 0 Å². The lowest BCUT2D eigenvalue weighted by Crippen LogP contribution is -3.04. The molecule has 0 aromatic carbocycles. The number of aliphatic imine (C=N–C) groups is 1. The van der Waals surface area contributed by atoms with Crippen LogP contribution in [-0.4, -0.2) is 35.5 Å². The van der Waals surface area contributed by atoms with Crippen LogP contribution in [0.25, 0.3) is 0 Å². The zero-order valence-electron chi connectivity index (χ0n) is 6.94. The Kier molecular flexibility index (Phi) is 2.22. The van der Waals surface area contributed by atoms with E-state index in [4.69, 9.17) is 22.9 Å². The maximum Gasteiger partial charge on any atom is 0.251 e. The molecule has 0 bridgehead atoms. The van der Waals surface area contributed by atoms with Gasteiger partial charge in [0.15, 0.2) is 6.23 Å². The fourth-order valence-corrected chi connectivity index (χ4v) is 1.00. The number of aliphatic hydroxyl groups excluding tert-OH is 1. The molecule has 1 aliphatic heterocycles. The van der Waals surface area contributed by atoms with Crippen LogP contribution in [0.1, 0.15) is 0 Å². The third-order valence-corrected chi connectivity index (χ3v) is 1.93. The first kappa shape index (κ1) is 9.86. The van der Waals surface area contributed by atoms with Gasteiger partial charge in [-0.2, -0.15) is 0 Å². The van der Waals surface area contributed by atoms with Crippen molar-refractivity contribution in [3.05, 3.63) is 0 Å². The first-order chi connectivity index (χ1) is 5.94. The van der Waals surface area contributed by atoms with Crippen molar-refractivity contribution in [1.29, 1.82) is 0 Å². The zero-order chi connectivity index (χ0) is 10.1. The summed E-state index contributed by atoms with van der Waals surface area (Å²) in [6.07, 6.45) is 1.05. The Hall–Kier alpha value is -1.22. The van der Waals surface area contributed by atoms with Gasteiger partial charge < -0.3 is 10.4 Å². The number of nitrogens with two attached hydrogens (primary N) is 4. The van der Waals surface area contributed by atoms with Gasteiger partial charge in [0.25, 0.3) is 5.66 Å². The number of rotatable bonds is 1. The molecule has 13 heavy (non-hydrogen) atoms. The van der Waals surface area contributed by atoms with Crippen LogP contribution in [0, 0.1) is 0 Å². The van der Waals surface area contributed by atoms with Crippen molar-refractivity contribution in [2.24, 2.45) is 27.9 Å². The lowest BCUT2D eigenvalue weighted by atomic mass is 10.0. The van der Waals surface area contributed by atoms with E-state index in [9.17, 15) is 5.11 Å². The van der Waals surface area contributed by atoms with Crippen molar-refractivity contribution < 1.29 is 10.1 Å². The van der Waals surface area contributed by atoms with Crippen LogP contribution < -0.4 is 33.2 Å². The Labute approximate surface area is 74.7 Å². The molecule has 11 N–H and O–H groups in total. The molecular weight excluding hydrogens is 174 g/mol. The third-order valence-electron chi connectivity index (χ3n) is 1.93. The average molecular weight is 188 g/mol. The normalized spacial score (nSPS) is 37.7. The SMILES string of the molecule is N/C=[NH+]/C1(N)C(O)NC=NC1(N)N. The van der Waals surface area contributed by atoms with Gasteiger partial charge >= 0.3 is 0 Å². The fourth-order valence-electron chi connectivity index (χ4n) is 1.00. The molecule has 8 heteroatoms. The summed E-state index contributed by atoms with van der Waals surface area (Å²) < 4.78 is 0. The Morgan fingerprint density at radius 1 is 1.54 bits per heavy atom. The van der Waals surface area contributed by atoms with Gasteiger partial charge in [-0.05, 0) is 0 Å². The molecular formula is C5H14N7O+. The average Bonchev–Trinajstić information content (AvgIpc) is 2.01. The van der Waals surface area contributed by atoms with Crippen LogP contribution in [0.4, 0.5) is 0 Å². The van der Waals surface area contributed by atoms with E-state index in [1.807, 2.05) is 0 Å². The first-order valence-corrected chi connectivity index (χ1v) is 3.59. The van der Waals surface area contributed by atoms with E-state index < -0.39 is 17.7 Å². The number of hydrogen-bond acceptors (Lipinski definition) is 6. The lowest BCUT2D eigenvalue weighted by molar-refractivity contribution is -0.580.